The second kappa shape index (κ2) is 6.05. The Balaban J connectivity index is 3.03. The van der Waals surface area contributed by atoms with E-state index in [1.165, 1.54) is 0 Å². The molecule has 0 bridgehead atoms. The molecule has 1 aromatic rings. The Morgan fingerprint density at radius 1 is 1.05 bits per heavy atom. The third-order valence-electron chi connectivity index (χ3n) is 3.98. The highest BCUT2D eigenvalue weighted by Crippen LogP contribution is 2.39. The van der Waals surface area contributed by atoms with Crippen LogP contribution in [0.1, 0.15) is 26.3 Å². The smallest absolute Gasteiger partial charge is 0.192 e. The normalized spacial score (nSPS) is 12.3. The second-order valence-electron chi connectivity index (χ2n) is 6.38. The van der Waals surface area contributed by atoms with E-state index in [1.807, 2.05) is 0 Å². The van der Waals surface area contributed by atoms with Gasteiger partial charge in [-0.25, -0.2) is 0 Å². The number of rotatable bonds is 5. The lowest BCUT2D eigenvalue weighted by Gasteiger charge is -2.36. The van der Waals surface area contributed by atoms with Crippen LogP contribution in [-0.2, 0) is 11.0 Å². The van der Waals surface area contributed by atoms with E-state index in [2.05, 4.69) is 33.9 Å². The molecular weight excluding hydrogens is 272 g/mol. The lowest BCUT2D eigenvalue weighted by molar-refractivity contribution is 0.261. The molecule has 0 aliphatic carbocycles. The van der Waals surface area contributed by atoms with Crippen molar-refractivity contribution >= 4 is 8.32 Å². The highest BCUT2D eigenvalue weighted by molar-refractivity contribution is 6.74. The predicted octanol–water partition coefficient (Wildman–Crippen LogP) is 3.93. The van der Waals surface area contributed by atoms with Gasteiger partial charge < -0.3 is 19.0 Å². The van der Waals surface area contributed by atoms with Crippen molar-refractivity contribution in [3.05, 3.63) is 17.7 Å². The van der Waals surface area contributed by atoms with Crippen molar-refractivity contribution in [3.63, 3.8) is 0 Å². The molecule has 0 spiro atoms. The van der Waals surface area contributed by atoms with Crippen molar-refractivity contribution in [2.75, 3.05) is 14.2 Å². The van der Waals surface area contributed by atoms with Crippen LogP contribution in [0.2, 0.25) is 18.1 Å². The molecule has 0 saturated heterocycles. The fourth-order valence-corrected chi connectivity index (χ4v) is 2.52. The zero-order valence-corrected chi connectivity index (χ0v) is 14.5. The molecule has 0 fully saturated rings. The molecule has 0 aliphatic rings. The third-order valence-corrected chi connectivity index (χ3v) is 8.45. The Bertz CT molecular complexity index is 438. The number of phenols is 1. The Hall–Kier alpha value is -1.20. The third kappa shape index (κ3) is 3.67. The molecule has 0 aromatic heterocycles. The number of hydrogen-bond donors (Lipinski definition) is 1. The molecule has 0 atom stereocenters. The van der Waals surface area contributed by atoms with Gasteiger partial charge in [0, 0.05) is 12.1 Å². The van der Waals surface area contributed by atoms with E-state index in [0.29, 0.717) is 18.1 Å². The maximum Gasteiger partial charge on any atom is 0.192 e. The van der Waals surface area contributed by atoms with Gasteiger partial charge in [0.2, 0.25) is 0 Å². The lowest BCUT2D eigenvalue weighted by Crippen LogP contribution is -2.40. The highest BCUT2D eigenvalue weighted by atomic mass is 28.4. The summed E-state index contributed by atoms with van der Waals surface area (Å²) in [6.07, 6.45) is 0. The number of ether oxygens (including phenoxy) is 2. The molecule has 0 radical (unpaired) electrons. The number of methoxy groups -OCH3 is 2. The molecule has 0 aliphatic heterocycles. The summed E-state index contributed by atoms with van der Waals surface area (Å²) in [5.41, 5.74) is 0.831. The summed E-state index contributed by atoms with van der Waals surface area (Å²) in [4.78, 5) is 0. The molecular formula is C15H26O4Si. The maximum absolute atomic E-state index is 9.65. The van der Waals surface area contributed by atoms with E-state index in [4.69, 9.17) is 13.9 Å². The lowest BCUT2D eigenvalue weighted by atomic mass is 10.2. The largest absolute Gasteiger partial charge is 0.508 e. The summed E-state index contributed by atoms with van der Waals surface area (Å²) in [5.74, 6) is 1.29. The highest BCUT2D eigenvalue weighted by Gasteiger charge is 2.37. The summed E-state index contributed by atoms with van der Waals surface area (Å²) in [6.45, 7) is 11.4. The van der Waals surface area contributed by atoms with Gasteiger partial charge in [0.15, 0.2) is 8.32 Å². The molecule has 114 valence electrons. The van der Waals surface area contributed by atoms with Crippen LogP contribution < -0.4 is 9.47 Å². The summed E-state index contributed by atoms with van der Waals surface area (Å²) < 4.78 is 16.8. The van der Waals surface area contributed by atoms with Gasteiger partial charge >= 0.3 is 0 Å². The number of hydrogen-bond acceptors (Lipinski definition) is 4. The molecule has 1 aromatic carbocycles. The van der Waals surface area contributed by atoms with Crippen molar-refractivity contribution in [2.24, 2.45) is 0 Å². The predicted molar refractivity (Wildman–Crippen MR) is 83.2 cm³/mol. The van der Waals surface area contributed by atoms with Crippen molar-refractivity contribution in [1.29, 1.82) is 0 Å². The Kier molecular flexibility index (Phi) is 5.10. The topological polar surface area (TPSA) is 47.9 Å². The van der Waals surface area contributed by atoms with Crippen LogP contribution in [0.4, 0.5) is 0 Å². The standard InChI is InChI=1S/C15H26O4Si/c1-15(2,3)20(6,7)19-10-12-13(17-4)8-11(16)9-14(12)18-5/h8-9,16H,10H2,1-7H3. The van der Waals surface area contributed by atoms with Gasteiger partial charge in [0.05, 0.1) is 26.4 Å². The first kappa shape index (κ1) is 16.9. The van der Waals surface area contributed by atoms with E-state index in [-0.39, 0.29) is 10.8 Å². The van der Waals surface area contributed by atoms with Gasteiger partial charge in [-0.05, 0) is 18.1 Å². The molecule has 4 nitrogen and oxygen atoms in total. The van der Waals surface area contributed by atoms with Gasteiger partial charge in [-0.2, -0.15) is 0 Å². The van der Waals surface area contributed by atoms with Crippen LogP contribution in [0.25, 0.3) is 0 Å². The average Bonchev–Trinajstić information content (AvgIpc) is 2.34. The van der Waals surface area contributed by atoms with Crippen LogP contribution in [0, 0.1) is 0 Å². The second-order valence-corrected chi connectivity index (χ2v) is 11.2. The summed E-state index contributed by atoms with van der Waals surface area (Å²) >= 11 is 0. The SMILES string of the molecule is COc1cc(O)cc(OC)c1CO[Si](C)(C)C(C)(C)C. The molecule has 20 heavy (non-hydrogen) atoms. The zero-order valence-electron chi connectivity index (χ0n) is 13.5. The van der Waals surface area contributed by atoms with Crippen LogP contribution in [-0.4, -0.2) is 27.6 Å². The van der Waals surface area contributed by atoms with Gasteiger partial charge in [-0.3, -0.25) is 0 Å². The summed E-state index contributed by atoms with van der Waals surface area (Å²) in [7, 11) is 1.30. The Morgan fingerprint density at radius 3 is 1.85 bits per heavy atom. The summed E-state index contributed by atoms with van der Waals surface area (Å²) in [5, 5.41) is 9.79. The maximum atomic E-state index is 9.65. The first-order valence-corrected chi connectivity index (χ1v) is 9.61. The average molecular weight is 298 g/mol. The van der Waals surface area contributed by atoms with Crippen LogP contribution >= 0.6 is 0 Å². The van der Waals surface area contributed by atoms with Crippen LogP contribution in [0.3, 0.4) is 0 Å². The van der Waals surface area contributed by atoms with E-state index < -0.39 is 8.32 Å². The Labute approximate surface area is 122 Å². The minimum absolute atomic E-state index is 0.120. The van der Waals surface area contributed by atoms with E-state index in [0.717, 1.165) is 5.56 Å². The van der Waals surface area contributed by atoms with Gasteiger partial charge in [-0.1, -0.05) is 20.8 Å². The number of phenolic OH excluding ortho intramolecular Hbond substituents is 1. The summed E-state index contributed by atoms with van der Waals surface area (Å²) in [6, 6.07) is 3.15. The molecule has 0 amide bonds. The van der Waals surface area contributed by atoms with Crippen LogP contribution in [0.15, 0.2) is 12.1 Å². The molecule has 5 heteroatoms. The van der Waals surface area contributed by atoms with Crippen LogP contribution in [0.5, 0.6) is 17.2 Å². The molecule has 1 rings (SSSR count). The van der Waals surface area contributed by atoms with Gasteiger partial charge in [0.25, 0.3) is 0 Å². The van der Waals surface area contributed by atoms with Crippen molar-refractivity contribution in [3.8, 4) is 17.2 Å². The quantitative estimate of drug-likeness (QED) is 0.837. The first-order valence-electron chi connectivity index (χ1n) is 6.70. The monoisotopic (exact) mass is 298 g/mol. The number of aromatic hydroxyl groups is 1. The fraction of sp³-hybridized carbons (Fsp3) is 0.600. The van der Waals surface area contributed by atoms with E-state index >= 15 is 0 Å². The molecule has 0 heterocycles. The van der Waals surface area contributed by atoms with E-state index in [1.54, 1.807) is 26.4 Å². The van der Waals surface area contributed by atoms with Crippen molar-refractivity contribution < 1.29 is 19.0 Å². The minimum Gasteiger partial charge on any atom is -0.508 e. The van der Waals surface area contributed by atoms with E-state index in [9.17, 15) is 5.11 Å². The van der Waals surface area contributed by atoms with Gasteiger partial charge in [-0.15, -0.1) is 0 Å². The first-order chi connectivity index (χ1) is 9.12. The molecule has 1 N–H and O–H groups in total. The van der Waals surface area contributed by atoms with Crippen molar-refractivity contribution in [1.82, 2.24) is 0 Å². The zero-order chi connectivity index (χ0) is 15.6. The van der Waals surface area contributed by atoms with Crippen molar-refractivity contribution in [2.45, 2.75) is 45.5 Å². The Morgan fingerprint density at radius 2 is 1.50 bits per heavy atom. The molecule has 0 unspecified atom stereocenters. The minimum atomic E-state index is -1.85. The van der Waals surface area contributed by atoms with Gasteiger partial charge in [0.1, 0.15) is 17.2 Å². The fourth-order valence-electron chi connectivity index (χ4n) is 1.58. The number of benzene rings is 1. The molecule has 0 saturated carbocycles.